The average molecular weight is 435 g/mol. The number of carbonyl (C=O) groups is 2. The van der Waals surface area contributed by atoms with Crippen LogP contribution in [0.2, 0.25) is 5.02 Å². The molecule has 0 bridgehead atoms. The first-order valence-corrected chi connectivity index (χ1v) is 10.7. The van der Waals surface area contributed by atoms with Crippen molar-refractivity contribution in [2.75, 3.05) is 24.7 Å². The number of hydrogen-bond donors (Lipinski definition) is 2. The maximum Gasteiger partial charge on any atom is 0.348 e. The summed E-state index contributed by atoms with van der Waals surface area (Å²) in [4.78, 5) is 24.9. The number of anilines is 1. The summed E-state index contributed by atoms with van der Waals surface area (Å²) in [7, 11) is -3.26. The predicted octanol–water partition coefficient (Wildman–Crippen LogP) is 2.43. The molecule has 0 fully saturated rings. The van der Waals surface area contributed by atoms with E-state index in [4.69, 9.17) is 16.3 Å². The maximum atomic E-state index is 13.0. The molecule has 2 rings (SSSR count). The fourth-order valence-corrected chi connectivity index (χ4v) is 3.55. The van der Waals surface area contributed by atoms with E-state index >= 15 is 0 Å². The average Bonchev–Trinajstić information content (AvgIpc) is 3.03. The van der Waals surface area contributed by atoms with E-state index in [0.29, 0.717) is 6.42 Å². The molecule has 0 saturated carbocycles. The van der Waals surface area contributed by atoms with Crippen molar-refractivity contribution >= 4 is 50.5 Å². The summed E-state index contributed by atoms with van der Waals surface area (Å²) < 4.78 is 42.3. The van der Waals surface area contributed by atoms with Crippen molar-refractivity contribution in [3.8, 4) is 0 Å². The monoisotopic (exact) mass is 434 g/mol. The van der Waals surface area contributed by atoms with Gasteiger partial charge in [-0.25, -0.2) is 22.3 Å². The number of carbonyl (C=O) groups excluding carboxylic acids is 2. The molecule has 1 amide bonds. The van der Waals surface area contributed by atoms with Crippen LogP contribution in [-0.4, -0.2) is 39.7 Å². The molecule has 0 aliphatic rings. The highest BCUT2D eigenvalue weighted by atomic mass is 35.5. The molecule has 0 spiro atoms. The number of rotatable bonds is 8. The Morgan fingerprint density at radius 1 is 1.26 bits per heavy atom. The van der Waals surface area contributed by atoms with E-state index in [1.165, 1.54) is 12.1 Å². The molecule has 0 unspecified atom stereocenters. The van der Waals surface area contributed by atoms with Crippen LogP contribution in [0.5, 0.6) is 0 Å². The molecule has 146 valence electrons. The molecule has 7 nitrogen and oxygen atoms in total. The van der Waals surface area contributed by atoms with Crippen molar-refractivity contribution in [2.24, 2.45) is 0 Å². The van der Waals surface area contributed by atoms with Crippen LogP contribution < -0.4 is 10.0 Å². The molecule has 2 aromatic rings. The van der Waals surface area contributed by atoms with Gasteiger partial charge in [-0.3, -0.25) is 4.79 Å². The Labute approximate surface area is 164 Å². The van der Waals surface area contributed by atoms with E-state index in [-0.39, 0.29) is 22.1 Å². The Morgan fingerprint density at radius 3 is 2.67 bits per heavy atom. The Balaban J connectivity index is 1.82. The third-order valence-electron chi connectivity index (χ3n) is 3.14. The van der Waals surface area contributed by atoms with E-state index in [2.05, 4.69) is 10.0 Å². The first kappa shape index (κ1) is 21.3. The second-order valence-electron chi connectivity index (χ2n) is 5.43. The summed E-state index contributed by atoms with van der Waals surface area (Å²) in [6, 6.07) is 6.71. The van der Waals surface area contributed by atoms with Gasteiger partial charge in [-0.1, -0.05) is 11.6 Å². The Kier molecular flexibility index (Phi) is 7.31. The van der Waals surface area contributed by atoms with Crippen molar-refractivity contribution in [3.05, 3.63) is 50.9 Å². The Bertz CT molecular complexity index is 946. The second-order valence-corrected chi connectivity index (χ2v) is 8.84. The standard InChI is InChI=1S/C16H16ClFN2O5S2/c1-27(23,24)19-7-6-11-3-5-14(26-11)16(22)25-9-15(21)20-13-4-2-10(18)8-12(13)17/h2-5,8,19H,6-7,9H2,1H3,(H,20,21). The van der Waals surface area contributed by atoms with Crippen molar-refractivity contribution in [1.29, 1.82) is 0 Å². The Morgan fingerprint density at radius 2 is 2.00 bits per heavy atom. The summed E-state index contributed by atoms with van der Waals surface area (Å²) in [5, 5.41) is 2.44. The smallest absolute Gasteiger partial charge is 0.348 e. The highest BCUT2D eigenvalue weighted by Crippen LogP contribution is 2.22. The molecule has 0 aliphatic carbocycles. The summed E-state index contributed by atoms with van der Waals surface area (Å²) >= 11 is 6.95. The molecule has 27 heavy (non-hydrogen) atoms. The van der Waals surface area contributed by atoms with E-state index in [9.17, 15) is 22.4 Å². The normalized spacial score (nSPS) is 11.2. The zero-order valence-electron chi connectivity index (χ0n) is 14.1. The minimum atomic E-state index is -3.26. The number of amides is 1. The van der Waals surface area contributed by atoms with Crippen LogP contribution in [0, 0.1) is 5.82 Å². The molecule has 2 N–H and O–H groups in total. The number of sulfonamides is 1. The van der Waals surface area contributed by atoms with Crippen LogP contribution in [0.15, 0.2) is 30.3 Å². The minimum absolute atomic E-state index is 0.0280. The maximum absolute atomic E-state index is 13.0. The van der Waals surface area contributed by atoms with Crippen molar-refractivity contribution in [3.63, 3.8) is 0 Å². The van der Waals surface area contributed by atoms with Gasteiger partial charge in [0.1, 0.15) is 10.7 Å². The van der Waals surface area contributed by atoms with Crippen molar-refractivity contribution in [2.45, 2.75) is 6.42 Å². The third kappa shape index (κ3) is 7.25. The lowest BCUT2D eigenvalue weighted by atomic mass is 10.3. The van der Waals surface area contributed by atoms with Crippen LogP contribution in [0.1, 0.15) is 14.5 Å². The SMILES string of the molecule is CS(=O)(=O)NCCc1ccc(C(=O)OCC(=O)Nc2ccc(F)cc2Cl)s1. The fourth-order valence-electron chi connectivity index (χ4n) is 1.96. The largest absolute Gasteiger partial charge is 0.451 e. The number of halogens is 2. The van der Waals surface area contributed by atoms with Crippen LogP contribution in [0.3, 0.4) is 0 Å². The molecule has 0 radical (unpaired) electrons. The zero-order chi connectivity index (χ0) is 20.0. The third-order valence-corrected chi connectivity index (χ3v) is 5.30. The highest BCUT2D eigenvalue weighted by Gasteiger charge is 2.14. The topological polar surface area (TPSA) is 102 Å². The second kappa shape index (κ2) is 9.27. The summed E-state index contributed by atoms with van der Waals surface area (Å²) in [5.74, 6) is -1.83. The number of thiophene rings is 1. The lowest BCUT2D eigenvalue weighted by Crippen LogP contribution is -2.24. The molecule has 0 saturated heterocycles. The first-order chi connectivity index (χ1) is 12.6. The van der Waals surface area contributed by atoms with Gasteiger partial charge in [-0.05, 0) is 36.8 Å². The molecule has 11 heteroatoms. The fraction of sp³-hybridized carbons (Fsp3) is 0.250. The van der Waals surface area contributed by atoms with Crippen LogP contribution in [-0.2, 0) is 26.0 Å². The quantitative estimate of drug-likeness (QED) is 0.621. The minimum Gasteiger partial charge on any atom is -0.451 e. The highest BCUT2D eigenvalue weighted by molar-refractivity contribution is 7.88. The summed E-state index contributed by atoms with van der Waals surface area (Å²) in [6.45, 7) is -0.315. The molecular formula is C16H16ClFN2O5S2. The van der Waals surface area contributed by atoms with Gasteiger partial charge < -0.3 is 10.1 Å². The molecule has 0 atom stereocenters. The number of ether oxygens (including phenoxy) is 1. The number of nitrogens with one attached hydrogen (secondary N) is 2. The molecule has 1 heterocycles. The van der Waals surface area contributed by atoms with Gasteiger partial charge in [0, 0.05) is 11.4 Å². The molecule has 1 aromatic carbocycles. The van der Waals surface area contributed by atoms with E-state index in [0.717, 1.165) is 34.6 Å². The van der Waals surface area contributed by atoms with E-state index in [1.54, 1.807) is 6.07 Å². The number of esters is 1. The zero-order valence-corrected chi connectivity index (χ0v) is 16.5. The summed E-state index contributed by atoms with van der Waals surface area (Å²) in [5.41, 5.74) is 0.205. The van der Waals surface area contributed by atoms with Crippen LogP contribution in [0.25, 0.3) is 0 Å². The van der Waals surface area contributed by atoms with Gasteiger partial charge in [0.05, 0.1) is 17.0 Å². The van der Waals surface area contributed by atoms with Gasteiger partial charge in [0.2, 0.25) is 10.0 Å². The molecule has 0 aliphatic heterocycles. The first-order valence-electron chi connectivity index (χ1n) is 7.59. The Hall–Kier alpha value is -2.01. The predicted molar refractivity (Wildman–Crippen MR) is 101 cm³/mol. The van der Waals surface area contributed by atoms with Gasteiger partial charge in [0.25, 0.3) is 5.91 Å². The lowest BCUT2D eigenvalue weighted by molar-refractivity contribution is -0.119. The lowest BCUT2D eigenvalue weighted by Gasteiger charge is -2.07. The van der Waals surface area contributed by atoms with Crippen molar-refractivity contribution < 1.29 is 27.1 Å². The number of hydrogen-bond acceptors (Lipinski definition) is 6. The van der Waals surface area contributed by atoms with Gasteiger partial charge in [-0.15, -0.1) is 11.3 Å². The van der Waals surface area contributed by atoms with Gasteiger partial charge >= 0.3 is 5.97 Å². The van der Waals surface area contributed by atoms with E-state index in [1.807, 2.05) is 0 Å². The van der Waals surface area contributed by atoms with Gasteiger partial charge in [-0.2, -0.15) is 0 Å². The molecule has 1 aromatic heterocycles. The van der Waals surface area contributed by atoms with E-state index < -0.39 is 34.3 Å². The van der Waals surface area contributed by atoms with Crippen LogP contribution in [0.4, 0.5) is 10.1 Å². The van der Waals surface area contributed by atoms with Gasteiger partial charge in [0.15, 0.2) is 6.61 Å². The van der Waals surface area contributed by atoms with Crippen LogP contribution >= 0.6 is 22.9 Å². The number of benzene rings is 1. The summed E-state index contributed by atoms with van der Waals surface area (Å²) in [6.07, 6.45) is 1.49. The molecular weight excluding hydrogens is 419 g/mol. The van der Waals surface area contributed by atoms with Crippen molar-refractivity contribution in [1.82, 2.24) is 4.72 Å².